The molecular weight excluding hydrogens is 324 g/mol. The molecule has 0 amide bonds. The summed E-state index contributed by atoms with van der Waals surface area (Å²) in [6.07, 6.45) is 2.71. The van der Waals surface area contributed by atoms with Crippen LogP contribution in [0.25, 0.3) is 0 Å². The van der Waals surface area contributed by atoms with Gasteiger partial charge in [0.2, 0.25) is 5.88 Å². The number of halogens is 2. The minimum Gasteiger partial charge on any atom is -0.438 e. The topological polar surface area (TPSA) is 27.1 Å². The lowest BCUT2D eigenvalue weighted by Crippen LogP contribution is -1.95. The molecule has 0 saturated heterocycles. The maximum Gasteiger partial charge on any atom is 0.218 e. The first-order valence-corrected chi connectivity index (χ1v) is 5.78. The number of rotatable bonds is 2. The molecule has 0 spiro atoms. The van der Waals surface area contributed by atoms with Gasteiger partial charge in [-0.1, -0.05) is 15.9 Å². The SMILES string of the molecule is Cn1n[c]cc1Oc1ccc(Br)cc1Br. The van der Waals surface area contributed by atoms with Crippen LogP contribution in [0.3, 0.4) is 0 Å². The number of ether oxygens (including phenoxy) is 1. The van der Waals surface area contributed by atoms with Gasteiger partial charge in [0.25, 0.3) is 0 Å². The third-order valence-electron chi connectivity index (χ3n) is 1.82. The molecule has 0 fully saturated rings. The highest BCUT2D eigenvalue weighted by atomic mass is 79.9. The van der Waals surface area contributed by atoms with Crippen molar-refractivity contribution >= 4 is 31.9 Å². The van der Waals surface area contributed by atoms with Crippen LogP contribution in [0.5, 0.6) is 11.6 Å². The van der Waals surface area contributed by atoms with Gasteiger partial charge in [0.1, 0.15) is 11.9 Å². The fourth-order valence-corrected chi connectivity index (χ4v) is 2.21. The molecule has 3 nitrogen and oxygen atoms in total. The summed E-state index contributed by atoms with van der Waals surface area (Å²) in [6, 6.07) is 7.41. The molecule has 15 heavy (non-hydrogen) atoms. The van der Waals surface area contributed by atoms with Crippen LogP contribution < -0.4 is 4.74 Å². The first kappa shape index (κ1) is 10.7. The summed E-state index contributed by atoms with van der Waals surface area (Å²) in [5.41, 5.74) is 0. The Balaban J connectivity index is 2.29. The van der Waals surface area contributed by atoms with Crippen molar-refractivity contribution in [1.82, 2.24) is 9.78 Å². The van der Waals surface area contributed by atoms with Crippen molar-refractivity contribution in [2.45, 2.75) is 0 Å². The maximum absolute atomic E-state index is 5.64. The minimum atomic E-state index is 0.651. The Morgan fingerprint density at radius 2 is 2.20 bits per heavy atom. The third-order valence-corrected chi connectivity index (χ3v) is 2.94. The summed E-state index contributed by atoms with van der Waals surface area (Å²) in [5.74, 6) is 1.40. The van der Waals surface area contributed by atoms with Crippen molar-refractivity contribution < 1.29 is 4.74 Å². The molecule has 0 aliphatic rings. The smallest absolute Gasteiger partial charge is 0.218 e. The largest absolute Gasteiger partial charge is 0.438 e. The number of nitrogens with zero attached hydrogens (tertiary/aromatic N) is 2. The van der Waals surface area contributed by atoms with E-state index in [-0.39, 0.29) is 0 Å². The Morgan fingerprint density at radius 1 is 1.40 bits per heavy atom. The van der Waals surface area contributed by atoms with Crippen LogP contribution in [0.4, 0.5) is 0 Å². The number of hydrogen-bond donors (Lipinski definition) is 0. The van der Waals surface area contributed by atoms with E-state index in [1.54, 1.807) is 17.8 Å². The quantitative estimate of drug-likeness (QED) is 0.842. The van der Waals surface area contributed by atoms with Crippen LogP contribution in [0.15, 0.2) is 33.2 Å². The van der Waals surface area contributed by atoms with Gasteiger partial charge in [0.05, 0.1) is 4.47 Å². The Morgan fingerprint density at radius 3 is 2.80 bits per heavy atom. The second kappa shape index (κ2) is 4.37. The second-order valence-corrected chi connectivity index (χ2v) is 4.68. The fourth-order valence-electron chi connectivity index (χ4n) is 1.08. The van der Waals surface area contributed by atoms with E-state index in [1.807, 2.05) is 18.2 Å². The lowest BCUT2D eigenvalue weighted by atomic mass is 10.3. The molecule has 1 aromatic carbocycles. The molecule has 0 N–H and O–H groups in total. The Labute approximate surface area is 104 Å². The van der Waals surface area contributed by atoms with Crippen molar-refractivity contribution in [2.75, 3.05) is 0 Å². The van der Waals surface area contributed by atoms with Gasteiger partial charge in [-0.15, -0.1) is 0 Å². The molecule has 0 aliphatic carbocycles. The first-order chi connectivity index (χ1) is 7.16. The van der Waals surface area contributed by atoms with Gasteiger partial charge < -0.3 is 4.74 Å². The third kappa shape index (κ3) is 2.41. The molecule has 1 radical (unpaired) electrons. The lowest BCUT2D eigenvalue weighted by molar-refractivity contribution is 0.428. The Kier molecular flexibility index (Phi) is 3.11. The number of aryl methyl sites for hydroxylation is 1. The van der Waals surface area contributed by atoms with Crippen LogP contribution >= 0.6 is 31.9 Å². The molecule has 5 heteroatoms. The predicted molar refractivity (Wildman–Crippen MR) is 64.0 cm³/mol. The molecule has 0 unspecified atom stereocenters. The summed E-state index contributed by atoms with van der Waals surface area (Å²) in [6.45, 7) is 0. The molecule has 2 aromatic rings. The number of aromatic nitrogens is 2. The van der Waals surface area contributed by atoms with E-state index in [9.17, 15) is 0 Å². The lowest BCUT2D eigenvalue weighted by Gasteiger charge is -2.07. The number of hydrogen-bond acceptors (Lipinski definition) is 2. The predicted octanol–water partition coefficient (Wildman–Crippen LogP) is 3.54. The van der Waals surface area contributed by atoms with E-state index in [0.717, 1.165) is 14.7 Å². The highest BCUT2D eigenvalue weighted by Gasteiger charge is 2.05. The average molecular weight is 331 g/mol. The van der Waals surface area contributed by atoms with E-state index in [0.29, 0.717) is 5.88 Å². The van der Waals surface area contributed by atoms with E-state index in [1.165, 1.54) is 0 Å². The van der Waals surface area contributed by atoms with Crippen LogP contribution in [0.2, 0.25) is 0 Å². The van der Waals surface area contributed by atoms with E-state index >= 15 is 0 Å². The summed E-state index contributed by atoms with van der Waals surface area (Å²) in [5, 5.41) is 3.90. The number of benzene rings is 1. The van der Waals surface area contributed by atoms with Crippen molar-refractivity contribution in [3.63, 3.8) is 0 Å². The van der Waals surface area contributed by atoms with E-state index < -0.39 is 0 Å². The molecule has 2 rings (SSSR count). The zero-order valence-corrected chi connectivity index (χ0v) is 11.0. The minimum absolute atomic E-state index is 0.651. The van der Waals surface area contributed by atoms with Gasteiger partial charge in [-0.05, 0) is 34.1 Å². The molecular formula is C10H7Br2N2O. The van der Waals surface area contributed by atoms with Crippen LogP contribution in [0, 0.1) is 6.20 Å². The monoisotopic (exact) mass is 329 g/mol. The van der Waals surface area contributed by atoms with Crippen LogP contribution in [0.1, 0.15) is 0 Å². The van der Waals surface area contributed by atoms with E-state index in [2.05, 4.69) is 43.2 Å². The molecule has 0 bridgehead atoms. The maximum atomic E-state index is 5.64. The van der Waals surface area contributed by atoms with Crippen LogP contribution in [-0.4, -0.2) is 9.78 Å². The molecule has 77 valence electrons. The highest BCUT2D eigenvalue weighted by molar-refractivity contribution is 9.11. The second-order valence-electron chi connectivity index (χ2n) is 2.91. The zero-order chi connectivity index (χ0) is 10.8. The van der Waals surface area contributed by atoms with Gasteiger partial charge in [0, 0.05) is 17.6 Å². The Hall–Kier alpha value is -0.810. The van der Waals surface area contributed by atoms with Crippen LogP contribution in [-0.2, 0) is 7.05 Å². The summed E-state index contributed by atoms with van der Waals surface area (Å²) >= 11 is 6.80. The highest BCUT2D eigenvalue weighted by Crippen LogP contribution is 2.31. The van der Waals surface area contributed by atoms with Crippen molar-refractivity contribution in [2.24, 2.45) is 7.05 Å². The Bertz CT molecular complexity index is 482. The molecule has 0 aliphatic heterocycles. The van der Waals surface area contributed by atoms with Gasteiger partial charge in [-0.2, -0.15) is 5.10 Å². The van der Waals surface area contributed by atoms with Gasteiger partial charge in [-0.25, -0.2) is 4.68 Å². The van der Waals surface area contributed by atoms with Gasteiger partial charge in [-0.3, -0.25) is 0 Å². The molecule has 1 heterocycles. The summed E-state index contributed by atoms with van der Waals surface area (Å²) in [4.78, 5) is 0. The van der Waals surface area contributed by atoms with Crippen molar-refractivity contribution in [3.05, 3.63) is 39.4 Å². The molecule has 0 atom stereocenters. The fraction of sp³-hybridized carbons (Fsp3) is 0.100. The summed E-state index contributed by atoms with van der Waals surface area (Å²) < 4.78 is 9.14. The van der Waals surface area contributed by atoms with Crippen molar-refractivity contribution in [1.29, 1.82) is 0 Å². The molecule has 1 aromatic heterocycles. The van der Waals surface area contributed by atoms with E-state index in [4.69, 9.17) is 4.74 Å². The van der Waals surface area contributed by atoms with Gasteiger partial charge >= 0.3 is 0 Å². The normalized spacial score (nSPS) is 10.3. The van der Waals surface area contributed by atoms with Crippen molar-refractivity contribution in [3.8, 4) is 11.6 Å². The standard InChI is InChI=1S/C10H7Br2N2O/c1-14-10(4-5-13-14)15-9-3-2-7(11)6-8(9)12/h2-4,6H,1H3. The average Bonchev–Trinajstić information content (AvgIpc) is 2.57. The molecule has 0 saturated carbocycles. The first-order valence-electron chi connectivity index (χ1n) is 4.20. The summed E-state index contributed by atoms with van der Waals surface area (Å²) in [7, 11) is 1.80. The van der Waals surface area contributed by atoms with Gasteiger partial charge in [0.15, 0.2) is 0 Å². The zero-order valence-electron chi connectivity index (χ0n) is 7.87.